The lowest BCUT2D eigenvalue weighted by molar-refractivity contribution is -0.133. The van der Waals surface area contributed by atoms with Gasteiger partial charge in [0.2, 0.25) is 12.7 Å². The third-order valence-corrected chi connectivity index (χ3v) is 4.41. The Morgan fingerprint density at radius 2 is 2.04 bits per heavy atom. The Balaban J connectivity index is 1.46. The van der Waals surface area contributed by atoms with Crippen molar-refractivity contribution in [1.82, 2.24) is 9.88 Å². The molecule has 0 N–H and O–H groups in total. The number of benzene rings is 1. The van der Waals surface area contributed by atoms with Crippen molar-refractivity contribution in [2.24, 2.45) is 5.92 Å². The van der Waals surface area contributed by atoms with Gasteiger partial charge in [0.1, 0.15) is 0 Å². The molecule has 1 aromatic heterocycles. The second-order valence-electron chi connectivity index (χ2n) is 6.29. The number of carbonyl (C=O) groups is 1. The molecule has 1 saturated carbocycles. The number of hydrogen-bond donors (Lipinski definition) is 0. The van der Waals surface area contributed by atoms with E-state index in [9.17, 15) is 4.79 Å². The molecule has 0 bridgehead atoms. The minimum Gasteiger partial charge on any atom is -0.454 e. The third kappa shape index (κ3) is 3.35. The second kappa shape index (κ2) is 6.51. The Bertz CT molecular complexity index is 729. The lowest BCUT2D eigenvalue weighted by atomic mass is 10.1. The van der Waals surface area contributed by atoms with Gasteiger partial charge in [-0.3, -0.25) is 9.78 Å². The predicted octanol–water partition coefficient (Wildman–Crippen LogP) is 2.79. The van der Waals surface area contributed by atoms with Gasteiger partial charge in [-0.15, -0.1) is 0 Å². The Labute approximate surface area is 141 Å². The van der Waals surface area contributed by atoms with E-state index >= 15 is 0 Å². The Morgan fingerprint density at radius 1 is 1.17 bits per heavy atom. The summed E-state index contributed by atoms with van der Waals surface area (Å²) in [7, 11) is 0. The molecular formula is C19H20N2O3. The number of aromatic nitrogens is 1. The Kier molecular flexibility index (Phi) is 4.07. The first-order chi connectivity index (χ1) is 11.8. The molecule has 1 fully saturated rings. The molecule has 5 heteroatoms. The maximum absolute atomic E-state index is 12.6. The van der Waals surface area contributed by atoms with Crippen LogP contribution in [0.5, 0.6) is 11.5 Å². The maximum atomic E-state index is 12.6. The summed E-state index contributed by atoms with van der Waals surface area (Å²) < 4.78 is 10.8. The van der Waals surface area contributed by atoms with Gasteiger partial charge in [0, 0.05) is 37.3 Å². The van der Waals surface area contributed by atoms with Crippen molar-refractivity contribution in [2.75, 3.05) is 13.3 Å². The highest BCUT2D eigenvalue weighted by Gasteiger charge is 2.33. The van der Waals surface area contributed by atoms with E-state index in [0.717, 1.165) is 42.0 Å². The van der Waals surface area contributed by atoms with Gasteiger partial charge in [0.05, 0.1) is 0 Å². The van der Waals surface area contributed by atoms with Gasteiger partial charge >= 0.3 is 0 Å². The maximum Gasteiger partial charge on any atom is 0.231 e. The first-order valence-corrected chi connectivity index (χ1v) is 8.37. The van der Waals surface area contributed by atoms with Crippen LogP contribution in [0.1, 0.15) is 24.1 Å². The van der Waals surface area contributed by atoms with E-state index < -0.39 is 0 Å². The van der Waals surface area contributed by atoms with Crippen molar-refractivity contribution in [3.05, 3.63) is 53.9 Å². The minimum atomic E-state index is 0.211. The summed E-state index contributed by atoms with van der Waals surface area (Å²) in [6.07, 6.45) is 4.59. The van der Waals surface area contributed by atoms with Gasteiger partial charge in [-0.05, 0) is 42.7 Å². The topological polar surface area (TPSA) is 51.7 Å². The van der Waals surface area contributed by atoms with Gasteiger partial charge in [-0.1, -0.05) is 12.1 Å². The zero-order chi connectivity index (χ0) is 16.4. The lowest BCUT2D eigenvalue weighted by Gasteiger charge is -2.23. The van der Waals surface area contributed by atoms with E-state index in [-0.39, 0.29) is 18.6 Å². The van der Waals surface area contributed by atoms with Gasteiger partial charge in [0.25, 0.3) is 0 Å². The van der Waals surface area contributed by atoms with Crippen LogP contribution >= 0.6 is 0 Å². The summed E-state index contributed by atoms with van der Waals surface area (Å²) in [5.74, 6) is 2.00. The van der Waals surface area contributed by atoms with E-state index in [0.29, 0.717) is 13.1 Å². The standard InChI is InChI=1S/C19H20N2O3/c22-19(15-5-6-15)21(10-8-16-3-1-2-9-20-16)12-14-4-7-17-18(11-14)24-13-23-17/h1-4,7,9,11,15H,5-6,8,10,12-13H2. The van der Waals surface area contributed by atoms with Gasteiger partial charge in [-0.2, -0.15) is 0 Å². The molecule has 0 radical (unpaired) electrons. The molecule has 1 aliphatic heterocycles. The molecule has 2 aromatic rings. The average molecular weight is 324 g/mol. The molecule has 0 saturated heterocycles. The van der Waals surface area contributed by atoms with Gasteiger partial charge in [0.15, 0.2) is 11.5 Å². The van der Waals surface area contributed by atoms with Crippen molar-refractivity contribution in [1.29, 1.82) is 0 Å². The number of carbonyl (C=O) groups excluding carboxylic acids is 1. The van der Waals surface area contributed by atoms with Crippen LogP contribution in [-0.2, 0) is 17.8 Å². The highest BCUT2D eigenvalue weighted by Crippen LogP contribution is 2.34. The number of pyridine rings is 1. The van der Waals surface area contributed by atoms with Gasteiger partial charge in [-0.25, -0.2) is 0 Å². The van der Waals surface area contributed by atoms with Crippen LogP contribution in [0.3, 0.4) is 0 Å². The Morgan fingerprint density at radius 3 is 2.83 bits per heavy atom. The SMILES string of the molecule is O=C(C1CC1)N(CCc1ccccn1)Cc1ccc2c(c1)OCO2. The molecule has 124 valence electrons. The first-order valence-electron chi connectivity index (χ1n) is 8.37. The fourth-order valence-electron chi connectivity index (χ4n) is 2.91. The number of hydrogen-bond acceptors (Lipinski definition) is 4. The molecule has 2 aliphatic rings. The number of nitrogens with zero attached hydrogens (tertiary/aromatic N) is 2. The normalized spacial score (nSPS) is 15.3. The molecule has 0 atom stereocenters. The van der Waals surface area contributed by atoms with Crippen LogP contribution < -0.4 is 9.47 Å². The molecule has 24 heavy (non-hydrogen) atoms. The van der Waals surface area contributed by atoms with E-state index in [1.54, 1.807) is 6.20 Å². The molecule has 5 nitrogen and oxygen atoms in total. The quantitative estimate of drug-likeness (QED) is 0.820. The molecular weight excluding hydrogens is 304 g/mol. The molecule has 0 unspecified atom stereocenters. The monoisotopic (exact) mass is 324 g/mol. The van der Waals surface area contributed by atoms with Crippen molar-refractivity contribution in [2.45, 2.75) is 25.8 Å². The average Bonchev–Trinajstić information content (AvgIpc) is 3.37. The van der Waals surface area contributed by atoms with E-state index in [1.807, 2.05) is 41.3 Å². The highest BCUT2D eigenvalue weighted by molar-refractivity contribution is 5.81. The summed E-state index contributed by atoms with van der Waals surface area (Å²) in [4.78, 5) is 18.9. The zero-order valence-corrected chi connectivity index (χ0v) is 13.5. The predicted molar refractivity (Wildman–Crippen MR) is 88.6 cm³/mol. The van der Waals surface area contributed by atoms with Crippen LogP contribution in [0.4, 0.5) is 0 Å². The van der Waals surface area contributed by atoms with Gasteiger partial charge < -0.3 is 14.4 Å². The summed E-state index contributed by atoms with van der Waals surface area (Å²) >= 11 is 0. The molecule has 1 aliphatic carbocycles. The van der Waals surface area contributed by atoms with E-state index in [1.165, 1.54) is 0 Å². The van der Waals surface area contributed by atoms with Crippen molar-refractivity contribution >= 4 is 5.91 Å². The van der Waals surface area contributed by atoms with Crippen molar-refractivity contribution in [3.8, 4) is 11.5 Å². The number of fused-ring (bicyclic) bond motifs is 1. The number of ether oxygens (including phenoxy) is 2. The molecule has 2 heterocycles. The summed E-state index contributed by atoms with van der Waals surface area (Å²) in [5.41, 5.74) is 2.08. The van der Waals surface area contributed by atoms with Crippen molar-refractivity contribution in [3.63, 3.8) is 0 Å². The molecule has 4 rings (SSSR count). The Hall–Kier alpha value is -2.56. The number of amides is 1. The fraction of sp³-hybridized carbons (Fsp3) is 0.368. The zero-order valence-electron chi connectivity index (χ0n) is 13.5. The van der Waals surface area contributed by atoms with Crippen LogP contribution in [0.15, 0.2) is 42.6 Å². The molecule has 1 amide bonds. The largest absolute Gasteiger partial charge is 0.454 e. The smallest absolute Gasteiger partial charge is 0.231 e. The minimum absolute atomic E-state index is 0.211. The first kappa shape index (κ1) is 15.0. The van der Waals surface area contributed by atoms with Crippen molar-refractivity contribution < 1.29 is 14.3 Å². The van der Waals surface area contributed by atoms with Crippen LogP contribution in [0, 0.1) is 5.92 Å². The highest BCUT2D eigenvalue weighted by atomic mass is 16.7. The molecule has 1 aromatic carbocycles. The number of rotatable bonds is 6. The summed E-state index contributed by atoms with van der Waals surface area (Å²) in [6.45, 7) is 1.54. The van der Waals surface area contributed by atoms with E-state index in [2.05, 4.69) is 4.98 Å². The lowest BCUT2D eigenvalue weighted by Crippen LogP contribution is -2.33. The van der Waals surface area contributed by atoms with Crippen LogP contribution in [0.2, 0.25) is 0 Å². The summed E-state index contributed by atoms with van der Waals surface area (Å²) in [6, 6.07) is 11.8. The third-order valence-electron chi connectivity index (χ3n) is 4.41. The fourth-order valence-corrected chi connectivity index (χ4v) is 2.91. The molecule has 0 spiro atoms. The van der Waals surface area contributed by atoms with Crippen LogP contribution in [0.25, 0.3) is 0 Å². The van der Waals surface area contributed by atoms with E-state index in [4.69, 9.17) is 9.47 Å². The second-order valence-corrected chi connectivity index (χ2v) is 6.29. The summed E-state index contributed by atoms with van der Waals surface area (Å²) in [5, 5.41) is 0. The van der Waals surface area contributed by atoms with Crippen LogP contribution in [-0.4, -0.2) is 29.1 Å².